The second-order valence-electron chi connectivity index (χ2n) is 6.76. The Bertz CT molecular complexity index is 787. The maximum atomic E-state index is 12.6. The minimum Gasteiger partial charge on any atom is -0.458 e. The molecular weight excluding hydrogens is 338 g/mol. The van der Waals surface area contributed by atoms with E-state index in [0.29, 0.717) is 23.2 Å². The molecule has 2 atom stereocenters. The van der Waals surface area contributed by atoms with Crippen molar-refractivity contribution in [1.29, 1.82) is 0 Å². The van der Waals surface area contributed by atoms with E-state index in [0.717, 1.165) is 31.6 Å². The number of esters is 1. The molecule has 2 aromatic heterocycles. The average molecular weight is 359 g/mol. The standard InChI is InChI=1S/C19H21NO4S/c1-11-17-14(8-12(9-15(17)21)16-5-3-7-25-16)20-18(11)19(22)24-10-13-4-2-6-23-13/h3,5,7,12-13,20H,2,4,6,8-10H2,1H3/t12-,13+/m1/s1. The number of thiophene rings is 1. The predicted molar refractivity (Wildman–Crippen MR) is 94.5 cm³/mol. The lowest BCUT2D eigenvalue weighted by molar-refractivity contribution is 0.0156. The topological polar surface area (TPSA) is 68.4 Å². The second-order valence-corrected chi connectivity index (χ2v) is 7.74. The lowest BCUT2D eigenvalue weighted by atomic mass is 9.84. The molecule has 0 bridgehead atoms. The second kappa shape index (κ2) is 6.77. The van der Waals surface area contributed by atoms with Gasteiger partial charge in [-0.25, -0.2) is 4.79 Å². The van der Waals surface area contributed by atoms with Gasteiger partial charge in [-0.1, -0.05) is 6.07 Å². The Morgan fingerprint density at radius 1 is 1.44 bits per heavy atom. The molecule has 1 aliphatic heterocycles. The molecule has 0 aromatic carbocycles. The summed E-state index contributed by atoms with van der Waals surface area (Å²) in [5.74, 6) is -0.108. The van der Waals surface area contributed by atoms with Crippen molar-refractivity contribution >= 4 is 23.1 Å². The van der Waals surface area contributed by atoms with Gasteiger partial charge in [-0.15, -0.1) is 11.3 Å². The number of hydrogen-bond acceptors (Lipinski definition) is 5. The molecule has 0 amide bonds. The summed E-state index contributed by atoms with van der Waals surface area (Å²) in [6, 6.07) is 4.08. The Morgan fingerprint density at radius 2 is 2.32 bits per heavy atom. The van der Waals surface area contributed by atoms with Gasteiger partial charge < -0.3 is 14.5 Å². The van der Waals surface area contributed by atoms with Crippen molar-refractivity contribution in [1.82, 2.24) is 4.98 Å². The Hall–Kier alpha value is -1.92. The first-order valence-corrected chi connectivity index (χ1v) is 9.58. The molecule has 1 saturated heterocycles. The minimum absolute atomic E-state index is 0.00122. The van der Waals surface area contributed by atoms with Crippen LogP contribution in [0.25, 0.3) is 0 Å². The summed E-state index contributed by atoms with van der Waals surface area (Å²) in [4.78, 5) is 29.5. The van der Waals surface area contributed by atoms with Crippen LogP contribution < -0.4 is 0 Å². The smallest absolute Gasteiger partial charge is 0.355 e. The number of ether oxygens (including phenoxy) is 2. The Kier molecular flexibility index (Phi) is 4.48. The van der Waals surface area contributed by atoms with E-state index in [1.165, 1.54) is 4.88 Å². The molecule has 3 heterocycles. The fourth-order valence-electron chi connectivity index (χ4n) is 3.78. The maximum Gasteiger partial charge on any atom is 0.355 e. The SMILES string of the molecule is Cc1c(C(=O)OC[C@@H]2CCCO2)[nH]c2c1C(=O)C[C@H](c1cccs1)C2. The third-order valence-corrected chi connectivity index (χ3v) is 6.10. The number of carbonyl (C=O) groups is 2. The number of rotatable bonds is 4. The van der Waals surface area contributed by atoms with Gasteiger partial charge in [0.05, 0.1) is 6.10 Å². The van der Waals surface area contributed by atoms with E-state index in [1.54, 1.807) is 11.3 Å². The molecule has 4 rings (SSSR count). The quantitative estimate of drug-likeness (QED) is 0.847. The Morgan fingerprint density at radius 3 is 3.04 bits per heavy atom. The highest BCUT2D eigenvalue weighted by atomic mass is 32.1. The zero-order chi connectivity index (χ0) is 17.4. The number of hydrogen-bond donors (Lipinski definition) is 1. The van der Waals surface area contributed by atoms with Crippen LogP contribution in [-0.2, 0) is 15.9 Å². The monoisotopic (exact) mass is 359 g/mol. The lowest BCUT2D eigenvalue weighted by Gasteiger charge is -2.20. The molecule has 25 heavy (non-hydrogen) atoms. The zero-order valence-electron chi connectivity index (χ0n) is 14.2. The van der Waals surface area contributed by atoms with Crippen molar-refractivity contribution in [3.8, 4) is 0 Å². The highest BCUT2D eigenvalue weighted by molar-refractivity contribution is 7.10. The van der Waals surface area contributed by atoms with Crippen molar-refractivity contribution < 1.29 is 19.1 Å². The molecule has 5 nitrogen and oxygen atoms in total. The summed E-state index contributed by atoms with van der Waals surface area (Å²) < 4.78 is 10.9. The van der Waals surface area contributed by atoms with E-state index >= 15 is 0 Å². The number of Topliss-reactive ketones (excluding diaryl/α,β-unsaturated/α-hetero) is 1. The minimum atomic E-state index is -0.400. The molecule has 6 heteroatoms. The summed E-state index contributed by atoms with van der Waals surface area (Å²) in [5, 5.41) is 2.03. The maximum absolute atomic E-state index is 12.6. The molecule has 1 aliphatic carbocycles. The van der Waals surface area contributed by atoms with E-state index < -0.39 is 5.97 Å². The van der Waals surface area contributed by atoms with Crippen LogP contribution in [0.3, 0.4) is 0 Å². The average Bonchev–Trinajstić information content (AvgIpc) is 3.34. The van der Waals surface area contributed by atoms with Crippen LogP contribution in [0.2, 0.25) is 0 Å². The van der Waals surface area contributed by atoms with Crippen LogP contribution >= 0.6 is 11.3 Å². The third-order valence-electron chi connectivity index (χ3n) is 5.06. The van der Waals surface area contributed by atoms with E-state index in [1.807, 2.05) is 18.4 Å². The highest BCUT2D eigenvalue weighted by Gasteiger charge is 2.32. The van der Waals surface area contributed by atoms with Crippen molar-refractivity contribution in [3.05, 3.63) is 44.9 Å². The van der Waals surface area contributed by atoms with E-state index in [4.69, 9.17) is 9.47 Å². The number of H-pyrrole nitrogens is 1. The molecule has 1 N–H and O–H groups in total. The number of ketones is 1. The fourth-order valence-corrected chi connectivity index (χ4v) is 4.61. The van der Waals surface area contributed by atoms with Gasteiger partial charge in [-0.3, -0.25) is 4.79 Å². The first kappa shape index (κ1) is 16.5. The Balaban J connectivity index is 1.52. The van der Waals surface area contributed by atoms with Gasteiger partial charge in [-0.05, 0) is 43.2 Å². The van der Waals surface area contributed by atoms with Gasteiger partial charge >= 0.3 is 5.97 Å². The van der Waals surface area contributed by atoms with Gasteiger partial charge in [0.1, 0.15) is 12.3 Å². The summed E-state index contributed by atoms with van der Waals surface area (Å²) in [7, 11) is 0. The van der Waals surface area contributed by atoms with Crippen molar-refractivity contribution in [3.63, 3.8) is 0 Å². The largest absolute Gasteiger partial charge is 0.458 e. The molecule has 0 saturated carbocycles. The third kappa shape index (κ3) is 3.16. The van der Waals surface area contributed by atoms with Crippen LogP contribution in [0.5, 0.6) is 0 Å². The Labute approximate surface area is 150 Å². The summed E-state index contributed by atoms with van der Waals surface area (Å²) >= 11 is 1.67. The molecule has 0 radical (unpaired) electrons. The van der Waals surface area contributed by atoms with E-state index in [9.17, 15) is 9.59 Å². The van der Waals surface area contributed by atoms with Crippen LogP contribution in [0, 0.1) is 6.92 Å². The normalized spacial score (nSPS) is 22.8. The molecule has 1 fully saturated rings. The fraction of sp³-hybridized carbons (Fsp3) is 0.474. The number of aromatic amines is 1. The summed E-state index contributed by atoms with van der Waals surface area (Å²) in [6.07, 6.45) is 3.18. The number of fused-ring (bicyclic) bond motifs is 1. The summed E-state index contributed by atoms with van der Waals surface area (Å²) in [5.41, 5.74) is 2.65. The van der Waals surface area contributed by atoms with Crippen molar-refractivity contribution in [2.24, 2.45) is 0 Å². The first-order chi connectivity index (χ1) is 12.1. The van der Waals surface area contributed by atoms with Gasteiger partial charge in [0.25, 0.3) is 0 Å². The first-order valence-electron chi connectivity index (χ1n) is 8.70. The molecule has 2 aromatic rings. The van der Waals surface area contributed by atoms with E-state index in [2.05, 4.69) is 11.1 Å². The predicted octanol–water partition coefficient (Wildman–Crippen LogP) is 3.63. The highest BCUT2D eigenvalue weighted by Crippen LogP contribution is 2.36. The van der Waals surface area contributed by atoms with Gasteiger partial charge in [0, 0.05) is 35.1 Å². The molecular formula is C19H21NO4S. The van der Waals surface area contributed by atoms with Gasteiger partial charge in [0.2, 0.25) is 0 Å². The molecule has 0 unspecified atom stereocenters. The van der Waals surface area contributed by atoms with Crippen LogP contribution in [0.15, 0.2) is 17.5 Å². The van der Waals surface area contributed by atoms with Gasteiger partial charge in [0.15, 0.2) is 5.78 Å². The van der Waals surface area contributed by atoms with E-state index in [-0.39, 0.29) is 24.4 Å². The zero-order valence-corrected chi connectivity index (χ0v) is 15.0. The summed E-state index contributed by atoms with van der Waals surface area (Å²) in [6.45, 7) is 2.83. The van der Waals surface area contributed by atoms with Crippen molar-refractivity contribution in [2.45, 2.75) is 44.6 Å². The molecule has 2 aliphatic rings. The molecule has 132 valence electrons. The van der Waals surface area contributed by atoms with Crippen LogP contribution in [0.4, 0.5) is 0 Å². The van der Waals surface area contributed by atoms with Crippen LogP contribution in [0.1, 0.15) is 62.2 Å². The van der Waals surface area contributed by atoms with Crippen LogP contribution in [-0.4, -0.2) is 36.1 Å². The number of aromatic nitrogens is 1. The lowest BCUT2D eigenvalue weighted by Crippen LogP contribution is -2.18. The van der Waals surface area contributed by atoms with Crippen molar-refractivity contribution in [2.75, 3.05) is 13.2 Å². The van der Waals surface area contributed by atoms with Gasteiger partial charge in [-0.2, -0.15) is 0 Å². The molecule has 0 spiro atoms. The number of nitrogens with one attached hydrogen (secondary N) is 1. The number of carbonyl (C=O) groups excluding carboxylic acids is 2.